The van der Waals surface area contributed by atoms with Crippen LogP contribution in [0.5, 0.6) is 0 Å². The van der Waals surface area contributed by atoms with Gasteiger partial charge < -0.3 is 4.74 Å². The second-order valence-corrected chi connectivity index (χ2v) is 6.64. The number of morpholine rings is 1. The predicted octanol–water partition coefficient (Wildman–Crippen LogP) is 1.79. The highest BCUT2D eigenvalue weighted by Crippen LogP contribution is 2.14. The Morgan fingerprint density at radius 2 is 1.50 bits per heavy atom. The zero-order chi connectivity index (χ0) is 15.2. The van der Waals surface area contributed by atoms with Crippen LogP contribution in [0.2, 0.25) is 5.02 Å². The van der Waals surface area contributed by atoms with Crippen LogP contribution in [0.25, 0.3) is 0 Å². The van der Waals surface area contributed by atoms with Gasteiger partial charge in [0.1, 0.15) is 0 Å². The van der Waals surface area contributed by atoms with Crippen LogP contribution in [-0.2, 0) is 11.3 Å². The summed E-state index contributed by atoms with van der Waals surface area (Å²) in [5, 5.41) is 0.835. The minimum Gasteiger partial charge on any atom is -0.379 e. The number of hydrogen-bond acceptors (Lipinski definition) is 4. The van der Waals surface area contributed by atoms with Crippen LogP contribution >= 0.6 is 11.6 Å². The summed E-state index contributed by atoms with van der Waals surface area (Å²) < 4.78 is 5.40. The lowest BCUT2D eigenvalue weighted by molar-refractivity contribution is 0.0297. The van der Waals surface area contributed by atoms with E-state index in [1.165, 1.54) is 31.7 Å². The van der Waals surface area contributed by atoms with Crippen LogP contribution in [0.15, 0.2) is 24.3 Å². The quantitative estimate of drug-likeness (QED) is 0.822. The largest absolute Gasteiger partial charge is 0.379 e. The van der Waals surface area contributed by atoms with Crippen LogP contribution in [0.1, 0.15) is 5.56 Å². The smallest absolute Gasteiger partial charge is 0.0594 e. The molecule has 2 fully saturated rings. The summed E-state index contributed by atoms with van der Waals surface area (Å²) in [5.74, 6) is 0. The highest BCUT2D eigenvalue weighted by Gasteiger charge is 2.18. The molecule has 0 N–H and O–H groups in total. The van der Waals surface area contributed by atoms with Gasteiger partial charge in [-0.25, -0.2) is 0 Å². The zero-order valence-corrected chi connectivity index (χ0v) is 14.0. The highest BCUT2D eigenvalue weighted by atomic mass is 35.5. The SMILES string of the molecule is Clc1cccc(CN2CCN(CCN3CCOCC3)CC2)c1. The Balaban J connectivity index is 1.37. The summed E-state index contributed by atoms with van der Waals surface area (Å²) in [6.45, 7) is 12.0. The monoisotopic (exact) mass is 323 g/mol. The van der Waals surface area contributed by atoms with Crippen molar-refractivity contribution in [1.82, 2.24) is 14.7 Å². The number of benzene rings is 1. The maximum Gasteiger partial charge on any atom is 0.0594 e. The van der Waals surface area contributed by atoms with Gasteiger partial charge in [-0.05, 0) is 17.7 Å². The molecule has 3 rings (SSSR count). The molecule has 0 spiro atoms. The second-order valence-electron chi connectivity index (χ2n) is 6.20. The molecule has 0 aromatic heterocycles. The Labute approximate surface area is 138 Å². The first-order valence-electron chi connectivity index (χ1n) is 8.29. The maximum absolute atomic E-state index is 6.06. The first kappa shape index (κ1) is 16.2. The van der Waals surface area contributed by atoms with Crippen molar-refractivity contribution in [3.63, 3.8) is 0 Å². The van der Waals surface area contributed by atoms with E-state index in [9.17, 15) is 0 Å². The van der Waals surface area contributed by atoms with Gasteiger partial charge in [-0.2, -0.15) is 0 Å². The molecule has 0 aliphatic carbocycles. The van der Waals surface area contributed by atoms with Gasteiger partial charge in [0.25, 0.3) is 0 Å². The topological polar surface area (TPSA) is 19.0 Å². The lowest BCUT2D eigenvalue weighted by Crippen LogP contribution is -2.49. The van der Waals surface area contributed by atoms with E-state index < -0.39 is 0 Å². The van der Waals surface area contributed by atoms with Crippen molar-refractivity contribution in [2.24, 2.45) is 0 Å². The molecule has 1 aromatic carbocycles. The summed E-state index contributed by atoms with van der Waals surface area (Å²) in [7, 11) is 0. The van der Waals surface area contributed by atoms with Crippen molar-refractivity contribution in [2.75, 3.05) is 65.6 Å². The Kier molecular flexibility index (Phi) is 6.10. The molecular weight excluding hydrogens is 298 g/mol. The average Bonchev–Trinajstić information content (AvgIpc) is 2.55. The molecule has 4 nitrogen and oxygen atoms in total. The molecule has 0 unspecified atom stereocenters. The van der Waals surface area contributed by atoms with E-state index in [1.54, 1.807) is 0 Å². The lowest BCUT2D eigenvalue weighted by atomic mass is 10.2. The molecule has 0 radical (unpaired) electrons. The molecule has 2 aliphatic heterocycles. The normalized spacial score (nSPS) is 22.0. The molecule has 0 bridgehead atoms. The fourth-order valence-electron chi connectivity index (χ4n) is 3.17. The average molecular weight is 324 g/mol. The third-order valence-corrected chi connectivity index (χ3v) is 4.83. The standard InChI is InChI=1S/C17H26ClN3O/c18-17-3-1-2-16(14-17)15-21-8-6-19(7-9-21)4-5-20-10-12-22-13-11-20/h1-3,14H,4-13,15H2. The molecule has 22 heavy (non-hydrogen) atoms. The summed E-state index contributed by atoms with van der Waals surface area (Å²) in [4.78, 5) is 7.63. The minimum absolute atomic E-state index is 0.835. The van der Waals surface area contributed by atoms with Gasteiger partial charge >= 0.3 is 0 Å². The Morgan fingerprint density at radius 1 is 0.864 bits per heavy atom. The van der Waals surface area contributed by atoms with Crippen molar-refractivity contribution in [3.8, 4) is 0 Å². The fraction of sp³-hybridized carbons (Fsp3) is 0.647. The predicted molar refractivity (Wildman–Crippen MR) is 90.4 cm³/mol. The summed E-state index contributed by atoms with van der Waals surface area (Å²) in [6.07, 6.45) is 0. The van der Waals surface area contributed by atoms with Crippen LogP contribution in [-0.4, -0.2) is 80.3 Å². The number of piperazine rings is 1. The molecule has 2 aliphatic rings. The van der Waals surface area contributed by atoms with Gasteiger partial charge in [-0.1, -0.05) is 23.7 Å². The van der Waals surface area contributed by atoms with E-state index in [1.807, 2.05) is 12.1 Å². The first-order valence-corrected chi connectivity index (χ1v) is 8.67. The molecule has 122 valence electrons. The molecule has 0 amide bonds. The summed E-state index contributed by atoms with van der Waals surface area (Å²) in [5.41, 5.74) is 1.31. The molecular formula is C17H26ClN3O. The Hall–Kier alpha value is -0.650. The molecule has 2 saturated heterocycles. The van der Waals surface area contributed by atoms with Gasteiger partial charge in [0.15, 0.2) is 0 Å². The molecule has 5 heteroatoms. The number of ether oxygens (including phenoxy) is 1. The van der Waals surface area contributed by atoms with Crippen molar-refractivity contribution in [3.05, 3.63) is 34.9 Å². The second kappa shape index (κ2) is 8.27. The molecule has 2 heterocycles. The van der Waals surface area contributed by atoms with Gasteiger partial charge in [0.2, 0.25) is 0 Å². The summed E-state index contributed by atoms with van der Waals surface area (Å²) >= 11 is 6.06. The summed E-state index contributed by atoms with van der Waals surface area (Å²) in [6, 6.07) is 8.22. The van der Waals surface area contributed by atoms with E-state index >= 15 is 0 Å². The minimum atomic E-state index is 0.835. The fourth-order valence-corrected chi connectivity index (χ4v) is 3.39. The van der Waals surface area contributed by atoms with E-state index in [-0.39, 0.29) is 0 Å². The van der Waals surface area contributed by atoms with Crippen molar-refractivity contribution < 1.29 is 4.74 Å². The van der Waals surface area contributed by atoms with Crippen LogP contribution in [0.4, 0.5) is 0 Å². The van der Waals surface area contributed by atoms with Gasteiger partial charge in [0.05, 0.1) is 13.2 Å². The van der Waals surface area contributed by atoms with Crippen molar-refractivity contribution >= 4 is 11.6 Å². The van der Waals surface area contributed by atoms with Crippen LogP contribution < -0.4 is 0 Å². The van der Waals surface area contributed by atoms with Crippen molar-refractivity contribution in [2.45, 2.75) is 6.54 Å². The molecule has 0 atom stereocenters. The third-order valence-electron chi connectivity index (χ3n) is 4.60. The first-order chi connectivity index (χ1) is 10.8. The number of hydrogen-bond donors (Lipinski definition) is 0. The van der Waals surface area contributed by atoms with E-state index in [0.29, 0.717) is 0 Å². The highest BCUT2D eigenvalue weighted by molar-refractivity contribution is 6.30. The molecule has 0 saturated carbocycles. The van der Waals surface area contributed by atoms with Gasteiger partial charge in [0, 0.05) is 63.9 Å². The Morgan fingerprint density at radius 3 is 2.18 bits per heavy atom. The van der Waals surface area contributed by atoms with E-state index in [2.05, 4.69) is 26.8 Å². The molecule has 1 aromatic rings. The van der Waals surface area contributed by atoms with E-state index in [0.717, 1.165) is 51.0 Å². The van der Waals surface area contributed by atoms with E-state index in [4.69, 9.17) is 16.3 Å². The number of nitrogens with zero attached hydrogens (tertiary/aromatic N) is 3. The third kappa shape index (κ3) is 4.93. The zero-order valence-electron chi connectivity index (χ0n) is 13.2. The van der Waals surface area contributed by atoms with Crippen molar-refractivity contribution in [1.29, 1.82) is 0 Å². The van der Waals surface area contributed by atoms with Gasteiger partial charge in [-0.3, -0.25) is 14.7 Å². The van der Waals surface area contributed by atoms with Crippen LogP contribution in [0.3, 0.4) is 0 Å². The lowest BCUT2D eigenvalue weighted by Gasteiger charge is -2.36. The Bertz CT molecular complexity index is 457. The van der Waals surface area contributed by atoms with Crippen LogP contribution in [0, 0.1) is 0 Å². The van der Waals surface area contributed by atoms with Gasteiger partial charge in [-0.15, -0.1) is 0 Å². The maximum atomic E-state index is 6.06. The number of rotatable bonds is 5. The number of halogens is 1.